The Hall–Kier alpha value is -6.56. The minimum Gasteiger partial charge on any atom is -0.311 e. The van der Waals surface area contributed by atoms with Crippen LogP contribution in [0.25, 0.3) is 20.2 Å². The van der Waals surface area contributed by atoms with Gasteiger partial charge in [0, 0.05) is 71.4 Å². The Kier molecular flexibility index (Phi) is 12.7. The van der Waals surface area contributed by atoms with E-state index in [0.29, 0.717) is 0 Å². The Morgan fingerprint density at radius 2 is 0.918 bits per heavy atom. The molecule has 1 aromatic heterocycles. The predicted octanol–water partition coefficient (Wildman–Crippen LogP) is 21.4. The average Bonchev–Trinajstić information content (AvgIpc) is 1.47. The highest BCUT2D eigenvalue weighted by molar-refractivity contribution is 7.26. The van der Waals surface area contributed by atoms with Gasteiger partial charge in [-0.05, 0) is 215 Å². The summed E-state index contributed by atoms with van der Waals surface area (Å²) < 4.78 is 2.71. The molecule has 13 rings (SSSR count). The first kappa shape index (κ1) is 57.5. The quantitative estimate of drug-likeness (QED) is 0.159. The molecule has 0 amide bonds. The number of benzene rings is 8. The molecule has 9 aromatic rings. The molecule has 2 aliphatic carbocycles. The number of hydrogen-bond donors (Lipinski definition) is 0. The van der Waals surface area contributed by atoms with E-state index in [4.69, 9.17) is 0 Å². The molecule has 3 nitrogen and oxygen atoms in total. The van der Waals surface area contributed by atoms with Crippen LogP contribution in [0.15, 0.2) is 140 Å². The van der Waals surface area contributed by atoms with Crippen LogP contribution in [0.2, 0.25) is 0 Å². The van der Waals surface area contributed by atoms with Crippen molar-refractivity contribution >= 4 is 106 Å². The van der Waals surface area contributed by atoms with Crippen molar-refractivity contribution in [1.29, 1.82) is 0 Å². The molecule has 3 heterocycles. The topological polar surface area (TPSA) is 9.72 Å². The summed E-state index contributed by atoms with van der Waals surface area (Å²) in [5, 5.41) is 2.65. The smallest absolute Gasteiger partial charge is 0.252 e. The first-order valence-electron chi connectivity index (χ1n) is 31.8. The van der Waals surface area contributed by atoms with E-state index in [0.717, 1.165) is 29.9 Å². The van der Waals surface area contributed by atoms with E-state index >= 15 is 0 Å². The Labute approximate surface area is 515 Å². The summed E-state index contributed by atoms with van der Waals surface area (Å²) in [7, 11) is 0. The van der Waals surface area contributed by atoms with Crippen molar-refractivity contribution < 1.29 is 0 Å². The van der Waals surface area contributed by atoms with Crippen molar-refractivity contribution in [1.82, 2.24) is 0 Å². The molecule has 436 valence electrons. The van der Waals surface area contributed by atoms with Gasteiger partial charge in [-0.1, -0.05) is 199 Å². The van der Waals surface area contributed by atoms with E-state index < -0.39 is 0 Å². The molecule has 0 atom stereocenters. The van der Waals surface area contributed by atoms with Gasteiger partial charge in [0.05, 0.1) is 0 Å². The molecular weight excluding hydrogens is 1050 g/mol. The largest absolute Gasteiger partial charge is 0.311 e. The van der Waals surface area contributed by atoms with Gasteiger partial charge in [-0.25, -0.2) is 0 Å². The summed E-state index contributed by atoms with van der Waals surface area (Å²) in [5.74, 6) is 0. The molecule has 0 radical (unpaired) electrons. The first-order valence-corrected chi connectivity index (χ1v) is 32.6. The van der Waals surface area contributed by atoms with Crippen molar-refractivity contribution in [3.63, 3.8) is 0 Å². The molecule has 0 saturated heterocycles. The van der Waals surface area contributed by atoms with E-state index in [2.05, 4.69) is 300 Å². The molecule has 5 heteroatoms. The second kappa shape index (κ2) is 18.7. The number of thiophene rings is 1. The standard InChI is InChI=1S/C80H92BN3S/c1-48-38-58-60(78(16,17)37-36-77(58,14)15)45-65(48)84-67-46-61-59(79(18,19)47-80(61,20)21)44-64(67)81-63-35-34-54(82(52-30-26-49(27-31-52)73(2,3)4)53-32-28-50(29-33-53)74(5,6)7)43-66(63)83(68-39-51(75(8,9)10)40-69(84)71(68)81)55-41-57-56-24-22-23-25-70(56)85-72(57)62(42-55)76(11,12)13/h22-35,38-46H,36-37,47H2,1-21H3. The molecule has 85 heavy (non-hydrogen) atoms. The number of nitrogens with zero attached hydrogens (tertiary/aromatic N) is 3. The maximum absolute atomic E-state index is 2.77. The Morgan fingerprint density at radius 3 is 1.48 bits per heavy atom. The fraction of sp³-hybridized carbons (Fsp3) is 0.400. The van der Waals surface area contributed by atoms with Crippen LogP contribution in [0.3, 0.4) is 0 Å². The van der Waals surface area contributed by atoms with Gasteiger partial charge in [0.15, 0.2) is 0 Å². The van der Waals surface area contributed by atoms with Gasteiger partial charge < -0.3 is 14.7 Å². The highest BCUT2D eigenvalue weighted by Gasteiger charge is 2.50. The van der Waals surface area contributed by atoms with Crippen LogP contribution in [0, 0.1) is 6.92 Å². The van der Waals surface area contributed by atoms with Gasteiger partial charge in [0.1, 0.15) is 0 Å². The van der Waals surface area contributed by atoms with Crippen LogP contribution in [0.5, 0.6) is 0 Å². The minimum atomic E-state index is -0.180. The zero-order valence-corrected chi connectivity index (χ0v) is 56.0. The molecule has 0 saturated carbocycles. The fourth-order valence-corrected chi connectivity index (χ4v) is 17.1. The lowest BCUT2D eigenvalue weighted by molar-refractivity contribution is 0.332. The third kappa shape index (κ3) is 9.24. The van der Waals surface area contributed by atoms with Crippen LogP contribution in [0.1, 0.15) is 208 Å². The highest BCUT2D eigenvalue weighted by atomic mass is 32.1. The van der Waals surface area contributed by atoms with Crippen molar-refractivity contribution in [3.05, 3.63) is 190 Å². The van der Waals surface area contributed by atoms with Crippen molar-refractivity contribution in [3.8, 4) is 0 Å². The van der Waals surface area contributed by atoms with Gasteiger partial charge in [-0.15, -0.1) is 11.3 Å². The predicted molar refractivity (Wildman–Crippen MR) is 374 cm³/mol. The summed E-state index contributed by atoms with van der Waals surface area (Å²) in [6, 6.07) is 56.3. The lowest BCUT2D eigenvalue weighted by atomic mass is 9.33. The summed E-state index contributed by atoms with van der Waals surface area (Å²) in [4.78, 5) is 8.01. The van der Waals surface area contributed by atoms with Gasteiger partial charge in [-0.3, -0.25) is 0 Å². The van der Waals surface area contributed by atoms with E-state index in [1.165, 1.54) is 127 Å². The third-order valence-corrected chi connectivity index (χ3v) is 21.8. The lowest BCUT2D eigenvalue weighted by Gasteiger charge is -2.47. The van der Waals surface area contributed by atoms with Crippen LogP contribution in [-0.2, 0) is 43.3 Å². The normalized spacial score (nSPS) is 17.4. The van der Waals surface area contributed by atoms with Crippen LogP contribution >= 0.6 is 11.3 Å². The Balaban J connectivity index is 1.17. The van der Waals surface area contributed by atoms with Crippen LogP contribution in [-0.4, -0.2) is 6.71 Å². The van der Waals surface area contributed by atoms with Gasteiger partial charge >= 0.3 is 0 Å². The van der Waals surface area contributed by atoms with Crippen molar-refractivity contribution in [2.24, 2.45) is 0 Å². The number of rotatable bonds is 5. The number of hydrogen-bond acceptors (Lipinski definition) is 4. The van der Waals surface area contributed by atoms with Crippen LogP contribution in [0.4, 0.5) is 51.2 Å². The maximum atomic E-state index is 2.77. The number of fused-ring (bicyclic) bond motifs is 9. The Bertz CT molecular complexity index is 4150. The zero-order valence-electron chi connectivity index (χ0n) is 55.2. The SMILES string of the molecule is Cc1cc2c(cc1N1c3cc4c(cc3B3c5ccc(N(c6ccc(C(C)(C)C)cc6)c6ccc(C(C)(C)C)cc6)cc5N(c5cc(C(C)(C)C)c6sc7ccccc7c6c5)c5cc(C(C)(C)C)cc1c53)C(C)(C)CC4(C)C)C(C)(C)CCC2(C)C. The minimum absolute atomic E-state index is 0.000173. The van der Waals surface area contributed by atoms with Crippen LogP contribution < -0.4 is 31.1 Å². The van der Waals surface area contributed by atoms with Gasteiger partial charge in [0.25, 0.3) is 6.71 Å². The number of anilines is 9. The lowest BCUT2D eigenvalue weighted by Crippen LogP contribution is -2.61. The molecule has 0 unspecified atom stereocenters. The number of aryl methyl sites for hydroxylation is 1. The summed E-state index contributed by atoms with van der Waals surface area (Å²) >= 11 is 1.95. The monoisotopic (exact) mass is 1140 g/mol. The van der Waals surface area contributed by atoms with Gasteiger partial charge in [0.2, 0.25) is 0 Å². The van der Waals surface area contributed by atoms with E-state index in [-0.39, 0.29) is 50.0 Å². The second-order valence-corrected chi connectivity index (χ2v) is 34.1. The molecular formula is C80H92BN3S. The summed E-state index contributed by atoms with van der Waals surface area (Å²) in [6.07, 6.45) is 3.45. The fourth-order valence-electron chi connectivity index (χ4n) is 15.7. The van der Waals surface area contributed by atoms with E-state index in [9.17, 15) is 0 Å². The van der Waals surface area contributed by atoms with Gasteiger partial charge in [-0.2, -0.15) is 0 Å². The molecule has 0 bridgehead atoms. The molecule has 0 N–H and O–H groups in total. The first-order chi connectivity index (χ1) is 39.5. The average molecular weight is 1140 g/mol. The second-order valence-electron chi connectivity index (χ2n) is 33.0. The highest BCUT2D eigenvalue weighted by Crippen LogP contribution is 2.56. The van der Waals surface area contributed by atoms with E-state index in [1.54, 1.807) is 0 Å². The molecule has 8 aromatic carbocycles. The molecule has 2 aliphatic heterocycles. The van der Waals surface area contributed by atoms with Crippen molar-refractivity contribution in [2.75, 3.05) is 14.7 Å². The molecule has 4 aliphatic rings. The van der Waals surface area contributed by atoms with E-state index in [1.807, 2.05) is 11.3 Å². The Morgan fingerprint density at radius 1 is 0.424 bits per heavy atom. The third-order valence-electron chi connectivity index (χ3n) is 20.6. The molecule has 0 fully saturated rings. The molecule has 0 spiro atoms. The van der Waals surface area contributed by atoms with Crippen molar-refractivity contribution in [2.45, 2.75) is 208 Å². The summed E-state index contributed by atoms with van der Waals surface area (Å²) in [6.45, 7) is 50.6. The summed E-state index contributed by atoms with van der Waals surface area (Å²) in [5.41, 5.74) is 27.6. The maximum Gasteiger partial charge on any atom is 0.252 e. The zero-order chi connectivity index (χ0) is 60.8.